The summed E-state index contributed by atoms with van der Waals surface area (Å²) >= 11 is 0. The van der Waals surface area contributed by atoms with Crippen LogP contribution >= 0.6 is 0 Å². The summed E-state index contributed by atoms with van der Waals surface area (Å²) in [5.41, 5.74) is 12.9. The van der Waals surface area contributed by atoms with Crippen molar-refractivity contribution >= 4 is 43.6 Å². The van der Waals surface area contributed by atoms with E-state index in [1.165, 1.54) is 38.2 Å². The van der Waals surface area contributed by atoms with Crippen molar-refractivity contribution in [2.75, 3.05) is 0 Å². The van der Waals surface area contributed by atoms with Crippen molar-refractivity contribution in [3.63, 3.8) is 0 Å². The maximum atomic E-state index is 9.58. The van der Waals surface area contributed by atoms with Gasteiger partial charge < -0.3 is 9.13 Å². The lowest BCUT2D eigenvalue weighted by Crippen LogP contribution is -2.05. The minimum absolute atomic E-state index is 0.635. The Morgan fingerprint density at radius 3 is 1.51 bits per heavy atom. The first kappa shape index (κ1) is 25.1. The topological polar surface area (TPSA) is 46.5 Å². The van der Waals surface area contributed by atoms with E-state index in [9.17, 15) is 5.26 Å². The highest BCUT2D eigenvalue weighted by Gasteiger charge is 2.22. The van der Waals surface area contributed by atoms with Crippen LogP contribution < -0.4 is 0 Å². The molecule has 0 spiro atoms. The number of pyridine rings is 1. The zero-order valence-corrected chi connectivity index (χ0v) is 24.3. The summed E-state index contributed by atoms with van der Waals surface area (Å²) in [6.07, 6.45) is 3.96. The minimum Gasteiger partial charge on any atom is -0.307 e. The molecule has 4 nitrogen and oxygen atoms in total. The van der Waals surface area contributed by atoms with Gasteiger partial charge in [0.1, 0.15) is 0 Å². The van der Waals surface area contributed by atoms with Gasteiger partial charge in [-0.05, 0) is 80.9 Å². The number of hydrogen-bond donors (Lipinski definition) is 0. The van der Waals surface area contributed by atoms with Crippen LogP contribution in [0.15, 0.2) is 116 Å². The molecule has 204 valence electrons. The molecule has 0 amide bonds. The number of para-hydroxylation sites is 1. The van der Waals surface area contributed by atoms with Gasteiger partial charge in [-0.15, -0.1) is 0 Å². The van der Waals surface area contributed by atoms with Gasteiger partial charge in [0.25, 0.3) is 0 Å². The van der Waals surface area contributed by atoms with Crippen molar-refractivity contribution in [3.05, 3.63) is 138 Å². The molecule has 8 rings (SSSR count). The Kier molecular flexibility index (Phi) is 5.51. The van der Waals surface area contributed by atoms with Crippen LogP contribution in [-0.2, 0) is 0 Å². The van der Waals surface area contributed by atoms with Crippen LogP contribution in [0.25, 0.3) is 66.1 Å². The maximum absolute atomic E-state index is 9.58. The van der Waals surface area contributed by atoms with E-state index in [4.69, 9.17) is 4.98 Å². The summed E-state index contributed by atoms with van der Waals surface area (Å²) in [7, 11) is 0. The number of rotatable bonds is 3. The van der Waals surface area contributed by atoms with E-state index in [0.29, 0.717) is 5.56 Å². The average Bonchev–Trinajstić information content (AvgIpc) is 3.52. The third kappa shape index (κ3) is 3.79. The molecule has 3 heterocycles. The summed E-state index contributed by atoms with van der Waals surface area (Å²) in [4.78, 5) is 4.90. The van der Waals surface area contributed by atoms with E-state index in [0.717, 1.165) is 44.6 Å². The van der Waals surface area contributed by atoms with Crippen LogP contribution in [0.4, 0.5) is 0 Å². The first-order valence-electron chi connectivity index (χ1n) is 14.5. The van der Waals surface area contributed by atoms with Crippen molar-refractivity contribution in [2.24, 2.45) is 0 Å². The zero-order chi connectivity index (χ0) is 29.2. The average molecular weight is 553 g/mol. The molecule has 0 unspecified atom stereocenters. The lowest BCUT2D eigenvalue weighted by atomic mass is 10.0. The number of fused-ring (bicyclic) bond motifs is 6. The number of nitrogens with zero attached hydrogens (tertiary/aromatic N) is 4. The van der Waals surface area contributed by atoms with Crippen molar-refractivity contribution in [1.82, 2.24) is 14.1 Å². The molecule has 0 aliphatic carbocycles. The van der Waals surface area contributed by atoms with E-state index < -0.39 is 0 Å². The molecular formula is C39H28N4. The number of benzene rings is 5. The molecule has 0 saturated heterocycles. The van der Waals surface area contributed by atoms with Gasteiger partial charge in [-0.1, -0.05) is 65.2 Å². The Bertz CT molecular complexity index is 2370. The normalized spacial score (nSPS) is 11.6. The lowest BCUT2D eigenvalue weighted by Gasteiger charge is -2.19. The smallest absolute Gasteiger partial charge is 0.0991 e. The fourth-order valence-electron chi connectivity index (χ4n) is 6.64. The summed E-state index contributed by atoms with van der Waals surface area (Å²) in [6, 6.07) is 38.8. The summed E-state index contributed by atoms with van der Waals surface area (Å²) in [5.74, 6) is 0. The SMILES string of the molecule is Cc1ccc2c(c1)c1ccccc1n2-c1cncc(-n2c3ccc(C)cc3c3cc(C)ccc32)c1-c1ccc(C#N)cc1. The largest absolute Gasteiger partial charge is 0.307 e. The van der Waals surface area contributed by atoms with Gasteiger partial charge >= 0.3 is 0 Å². The maximum Gasteiger partial charge on any atom is 0.0991 e. The van der Waals surface area contributed by atoms with Crippen molar-refractivity contribution in [2.45, 2.75) is 20.8 Å². The summed E-state index contributed by atoms with van der Waals surface area (Å²) < 4.78 is 4.70. The molecule has 0 fully saturated rings. The number of aromatic nitrogens is 3. The van der Waals surface area contributed by atoms with E-state index in [1.54, 1.807) is 0 Å². The number of nitriles is 1. The summed E-state index contributed by atoms with van der Waals surface area (Å²) in [5, 5.41) is 14.5. The van der Waals surface area contributed by atoms with E-state index in [2.05, 4.69) is 127 Å². The second-order valence-corrected chi connectivity index (χ2v) is 11.5. The van der Waals surface area contributed by atoms with Gasteiger partial charge in [0, 0.05) is 27.1 Å². The molecule has 0 N–H and O–H groups in total. The van der Waals surface area contributed by atoms with Crippen molar-refractivity contribution in [1.29, 1.82) is 5.26 Å². The van der Waals surface area contributed by atoms with E-state index >= 15 is 0 Å². The molecule has 43 heavy (non-hydrogen) atoms. The van der Waals surface area contributed by atoms with Gasteiger partial charge in [0.15, 0.2) is 0 Å². The Hall–Kier alpha value is -5.66. The third-order valence-electron chi connectivity index (χ3n) is 8.59. The second-order valence-electron chi connectivity index (χ2n) is 11.5. The lowest BCUT2D eigenvalue weighted by molar-refractivity contribution is 1.09. The van der Waals surface area contributed by atoms with Gasteiger partial charge in [0.05, 0.1) is 57.5 Å². The van der Waals surface area contributed by atoms with Crippen LogP contribution in [0.5, 0.6) is 0 Å². The zero-order valence-electron chi connectivity index (χ0n) is 24.3. The standard InChI is InChI=1S/C39H28N4/c1-24-8-15-34-30(18-24)29-6-4-5-7-33(29)42(34)37-22-41-23-38(39(37)28-13-11-27(21-40)12-14-28)43-35-16-9-25(2)19-31(35)32-20-26(3)10-17-36(32)43/h4-20,22-23H,1-3H3. The van der Waals surface area contributed by atoms with Crippen LogP contribution in [0, 0.1) is 32.1 Å². The molecule has 3 aromatic heterocycles. The Labute approximate surface area is 249 Å². The van der Waals surface area contributed by atoms with E-state index in [1.807, 2.05) is 24.5 Å². The highest BCUT2D eigenvalue weighted by atomic mass is 15.0. The minimum atomic E-state index is 0.635. The quantitative estimate of drug-likeness (QED) is 0.219. The van der Waals surface area contributed by atoms with Gasteiger partial charge in [-0.25, -0.2) is 0 Å². The monoisotopic (exact) mass is 552 g/mol. The number of aryl methyl sites for hydroxylation is 3. The molecule has 0 aliphatic rings. The molecule has 0 bridgehead atoms. The van der Waals surface area contributed by atoms with Crippen molar-refractivity contribution < 1.29 is 0 Å². The first-order chi connectivity index (χ1) is 21.0. The second kappa shape index (κ2) is 9.44. The molecule has 0 radical (unpaired) electrons. The molecular weight excluding hydrogens is 524 g/mol. The molecule has 5 aromatic carbocycles. The van der Waals surface area contributed by atoms with Gasteiger partial charge in [0.2, 0.25) is 0 Å². The Balaban J connectivity index is 1.55. The third-order valence-corrected chi connectivity index (χ3v) is 8.59. The predicted octanol–water partition coefficient (Wildman–Crippen LogP) is 9.74. The van der Waals surface area contributed by atoms with Crippen LogP contribution in [0.3, 0.4) is 0 Å². The van der Waals surface area contributed by atoms with Gasteiger partial charge in [-0.3, -0.25) is 4.98 Å². The van der Waals surface area contributed by atoms with E-state index in [-0.39, 0.29) is 0 Å². The molecule has 8 aromatic rings. The molecule has 0 saturated carbocycles. The Morgan fingerprint density at radius 1 is 0.535 bits per heavy atom. The Morgan fingerprint density at radius 2 is 1.00 bits per heavy atom. The molecule has 4 heteroatoms. The van der Waals surface area contributed by atoms with Crippen molar-refractivity contribution in [3.8, 4) is 28.6 Å². The van der Waals surface area contributed by atoms with Crippen LogP contribution in [-0.4, -0.2) is 14.1 Å². The highest BCUT2D eigenvalue weighted by molar-refractivity contribution is 6.12. The highest BCUT2D eigenvalue weighted by Crippen LogP contribution is 2.41. The van der Waals surface area contributed by atoms with Crippen LogP contribution in [0.2, 0.25) is 0 Å². The van der Waals surface area contributed by atoms with Gasteiger partial charge in [-0.2, -0.15) is 5.26 Å². The molecule has 0 aliphatic heterocycles. The fraction of sp³-hybridized carbons (Fsp3) is 0.0769. The number of hydrogen-bond acceptors (Lipinski definition) is 2. The predicted molar refractivity (Wildman–Crippen MR) is 177 cm³/mol. The molecule has 0 atom stereocenters. The fourth-order valence-corrected chi connectivity index (χ4v) is 6.64. The first-order valence-corrected chi connectivity index (χ1v) is 14.5. The van der Waals surface area contributed by atoms with Crippen LogP contribution in [0.1, 0.15) is 22.3 Å². The summed E-state index contributed by atoms with van der Waals surface area (Å²) in [6.45, 7) is 6.43.